The van der Waals surface area contributed by atoms with Crippen LogP contribution in [0.1, 0.15) is 47.2 Å². The normalized spacial score (nSPS) is 13.6. The van der Waals surface area contributed by atoms with Gasteiger partial charge in [-0.05, 0) is 44.9 Å². The van der Waals surface area contributed by atoms with E-state index in [1.165, 1.54) is 5.56 Å². The van der Waals surface area contributed by atoms with Crippen LogP contribution in [0.2, 0.25) is 0 Å². The smallest absolute Gasteiger partial charge is 0.253 e. The van der Waals surface area contributed by atoms with Crippen LogP contribution in [0.4, 0.5) is 0 Å². The van der Waals surface area contributed by atoms with Gasteiger partial charge in [-0.1, -0.05) is 37.3 Å². The van der Waals surface area contributed by atoms with Crippen molar-refractivity contribution in [3.05, 3.63) is 58.9 Å². The molecule has 0 bridgehead atoms. The first-order chi connectivity index (χ1) is 11.0. The number of amides is 1. The van der Waals surface area contributed by atoms with E-state index in [0.29, 0.717) is 13.1 Å². The molecule has 124 valence electrons. The fourth-order valence-corrected chi connectivity index (χ4v) is 2.93. The Labute approximate surface area is 138 Å². The van der Waals surface area contributed by atoms with Gasteiger partial charge >= 0.3 is 0 Å². The molecule has 0 aliphatic carbocycles. The first-order valence-electron chi connectivity index (χ1n) is 8.17. The molecule has 4 heteroatoms. The van der Waals surface area contributed by atoms with E-state index in [1.807, 2.05) is 45.0 Å². The van der Waals surface area contributed by atoms with Crippen molar-refractivity contribution in [1.82, 2.24) is 9.88 Å². The van der Waals surface area contributed by atoms with E-state index < -0.39 is 0 Å². The highest BCUT2D eigenvalue weighted by Gasteiger charge is 2.19. The molecule has 2 aromatic rings. The number of hydrogen-bond acceptors (Lipinski definition) is 2. The van der Waals surface area contributed by atoms with Crippen molar-refractivity contribution in [1.29, 1.82) is 0 Å². The van der Waals surface area contributed by atoms with Crippen molar-refractivity contribution < 1.29 is 4.79 Å². The third-order valence-electron chi connectivity index (χ3n) is 4.41. The van der Waals surface area contributed by atoms with Gasteiger partial charge in [0.15, 0.2) is 0 Å². The molecule has 1 amide bonds. The van der Waals surface area contributed by atoms with Gasteiger partial charge in [-0.25, -0.2) is 0 Å². The molecule has 1 heterocycles. The lowest BCUT2D eigenvalue weighted by Gasteiger charge is -2.19. The lowest BCUT2D eigenvalue weighted by atomic mass is 10.1. The summed E-state index contributed by atoms with van der Waals surface area (Å²) in [4.78, 5) is 12.4. The average molecular weight is 313 g/mol. The maximum absolute atomic E-state index is 12.4. The molecule has 3 N–H and O–H groups in total. The van der Waals surface area contributed by atoms with Crippen LogP contribution < -0.4 is 11.1 Å². The van der Waals surface area contributed by atoms with Crippen LogP contribution in [0.5, 0.6) is 0 Å². The van der Waals surface area contributed by atoms with E-state index >= 15 is 0 Å². The number of hydrogen-bond donors (Lipinski definition) is 2. The van der Waals surface area contributed by atoms with Crippen molar-refractivity contribution in [2.75, 3.05) is 13.1 Å². The molecule has 1 aromatic heterocycles. The summed E-state index contributed by atoms with van der Waals surface area (Å²) in [5.74, 6) is 0.260. The summed E-state index contributed by atoms with van der Waals surface area (Å²) in [6.07, 6.45) is 0. The van der Waals surface area contributed by atoms with E-state index in [-0.39, 0.29) is 17.9 Å². The van der Waals surface area contributed by atoms with Gasteiger partial charge in [0.1, 0.15) is 0 Å². The Morgan fingerprint density at radius 3 is 2.48 bits per heavy atom. The van der Waals surface area contributed by atoms with Crippen LogP contribution in [0, 0.1) is 19.8 Å². The molecule has 0 fully saturated rings. The molecular formula is C19H27N3O. The second-order valence-corrected chi connectivity index (χ2v) is 6.29. The minimum atomic E-state index is -0.0232. The molecule has 1 aromatic carbocycles. The van der Waals surface area contributed by atoms with Gasteiger partial charge in [0.2, 0.25) is 0 Å². The number of nitrogens with two attached hydrogens (primary N) is 1. The topological polar surface area (TPSA) is 60.1 Å². The Hall–Kier alpha value is -2.07. The highest BCUT2D eigenvalue weighted by Crippen LogP contribution is 2.25. The number of aromatic nitrogens is 1. The predicted octanol–water partition coefficient (Wildman–Crippen LogP) is 3.04. The molecule has 23 heavy (non-hydrogen) atoms. The number of benzene rings is 1. The Kier molecular flexibility index (Phi) is 5.61. The number of carbonyl (C=O) groups is 1. The Balaban J connectivity index is 2.24. The van der Waals surface area contributed by atoms with E-state index in [0.717, 1.165) is 17.0 Å². The second-order valence-electron chi connectivity index (χ2n) is 6.29. The molecule has 0 radical (unpaired) electrons. The van der Waals surface area contributed by atoms with Crippen LogP contribution in [-0.2, 0) is 0 Å². The molecular weight excluding hydrogens is 286 g/mol. The summed E-state index contributed by atoms with van der Waals surface area (Å²) in [5, 5.41) is 2.98. The number of carbonyl (C=O) groups excluding carboxylic acids is 1. The van der Waals surface area contributed by atoms with Crippen molar-refractivity contribution in [3.8, 4) is 0 Å². The van der Waals surface area contributed by atoms with Gasteiger partial charge in [0, 0.05) is 17.9 Å². The average Bonchev–Trinajstić information content (AvgIpc) is 2.87. The summed E-state index contributed by atoms with van der Waals surface area (Å²) in [7, 11) is 0. The maximum atomic E-state index is 12.4. The fraction of sp³-hybridized carbons (Fsp3) is 0.421. The van der Waals surface area contributed by atoms with Crippen LogP contribution >= 0.6 is 0 Å². The minimum absolute atomic E-state index is 0.0232. The number of nitrogens with zero attached hydrogens (tertiary/aromatic N) is 1. The predicted molar refractivity (Wildman–Crippen MR) is 94.7 cm³/mol. The summed E-state index contributed by atoms with van der Waals surface area (Å²) < 4.78 is 2.22. The molecule has 0 saturated carbocycles. The zero-order chi connectivity index (χ0) is 17.0. The summed E-state index contributed by atoms with van der Waals surface area (Å²) >= 11 is 0. The summed E-state index contributed by atoms with van der Waals surface area (Å²) in [5.41, 5.74) is 9.67. The summed E-state index contributed by atoms with van der Waals surface area (Å²) in [6.45, 7) is 9.42. The third kappa shape index (κ3) is 3.82. The van der Waals surface area contributed by atoms with E-state index in [4.69, 9.17) is 5.73 Å². The minimum Gasteiger partial charge on any atom is -0.352 e. The molecule has 0 saturated heterocycles. The van der Waals surface area contributed by atoms with Crippen molar-refractivity contribution in [2.24, 2.45) is 11.7 Å². The molecule has 2 atom stereocenters. The van der Waals surface area contributed by atoms with E-state index in [9.17, 15) is 4.79 Å². The summed E-state index contributed by atoms with van der Waals surface area (Å²) in [6, 6.07) is 12.5. The van der Waals surface area contributed by atoms with Crippen LogP contribution in [0.25, 0.3) is 0 Å². The zero-order valence-corrected chi connectivity index (χ0v) is 14.5. The van der Waals surface area contributed by atoms with E-state index in [2.05, 4.69) is 28.9 Å². The Bertz CT molecular complexity index is 661. The van der Waals surface area contributed by atoms with Crippen LogP contribution in [0.3, 0.4) is 0 Å². The van der Waals surface area contributed by atoms with Crippen LogP contribution in [0.15, 0.2) is 36.4 Å². The standard InChI is InChI=1S/C19H27N3O/c1-13(11-20)12-21-19(23)18-10-14(2)22(16(18)4)15(3)17-8-6-5-7-9-17/h5-10,13,15H,11-12,20H2,1-4H3,(H,21,23). The van der Waals surface area contributed by atoms with Gasteiger partial charge in [0.25, 0.3) is 5.91 Å². The molecule has 0 aliphatic rings. The first kappa shape index (κ1) is 17.3. The number of nitrogens with one attached hydrogen (secondary N) is 1. The molecule has 0 aliphatic heterocycles. The Morgan fingerprint density at radius 2 is 1.87 bits per heavy atom. The van der Waals surface area contributed by atoms with Crippen molar-refractivity contribution >= 4 is 5.91 Å². The lowest BCUT2D eigenvalue weighted by molar-refractivity contribution is 0.0948. The highest BCUT2D eigenvalue weighted by molar-refractivity contribution is 5.95. The number of aryl methyl sites for hydroxylation is 1. The maximum Gasteiger partial charge on any atom is 0.253 e. The van der Waals surface area contributed by atoms with Gasteiger partial charge in [-0.2, -0.15) is 0 Å². The molecule has 2 rings (SSSR count). The third-order valence-corrected chi connectivity index (χ3v) is 4.41. The monoisotopic (exact) mass is 313 g/mol. The van der Waals surface area contributed by atoms with E-state index in [1.54, 1.807) is 0 Å². The largest absolute Gasteiger partial charge is 0.352 e. The van der Waals surface area contributed by atoms with Gasteiger partial charge in [0.05, 0.1) is 11.6 Å². The number of rotatable bonds is 6. The first-order valence-corrected chi connectivity index (χ1v) is 8.17. The van der Waals surface area contributed by atoms with Gasteiger partial charge < -0.3 is 15.6 Å². The zero-order valence-electron chi connectivity index (χ0n) is 14.5. The quantitative estimate of drug-likeness (QED) is 0.861. The molecule has 2 unspecified atom stereocenters. The molecule has 4 nitrogen and oxygen atoms in total. The molecule has 0 spiro atoms. The van der Waals surface area contributed by atoms with Crippen LogP contribution in [-0.4, -0.2) is 23.6 Å². The van der Waals surface area contributed by atoms with Crippen molar-refractivity contribution in [2.45, 2.75) is 33.7 Å². The SMILES string of the molecule is Cc1cc(C(=O)NCC(C)CN)c(C)n1C(C)c1ccccc1. The van der Waals surface area contributed by atoms with Gasteiger partial charge in [-0.3, -0.25) is 4.79 Å². The second kappa shape index (κ2) is 7.47. The Morgan fingerprint density at radius 1 is 1.22 bits per heavy atom. The highest BCUT2D eigenvalue weighted by atomic mass is 16.1. The fourth-order valence-electron chi connectivity index (χ4n) is 2.93. The van der Waals surface area contributed by atoms with Gasteiger partial charge in [-0.15, -0.1) is 0 Å². The lowest BCUT2D eigenvalue weighted by Crippen LogP contribution is -2.31. The van der Waals surface area contributed by atoms with Crippen molar-refractivity contribution in [3.63, 3.8) is 0 Å².